The SMILES string of the molecule is Cc1cnn(CC2CC2)c1C(=O)Nc1nc2ccc(C(N)=O)cc2[nH]1. The van der Waals surface area contributed by atoms with Crippen LogP contribution in [0.15, 0.2) is 24.4 Å². The number of anilines is 1. The number of nitrogens with two attached hydrogens (primary N) is 1. The Morgan fingerprint density at radius 2 is 2.20 bits per heavy atom. The molecule has 0 bridgehead atoms. The predicted molar refractivity (Wildman–Crippen MR) is 92.3 cm³/mol. The zero-order valence-electron chi connectivity index (χ0n) is 13.7. The summed E-state index contributed by atoms with van der Waals surface area (Å²) in [7, 11) is 0. The molecule has 0 aliphatic heterocycles. The van der Waals surface area contributed by atoms with Gasteiger partial charge in [0.15, 0.2) is 0 Å². The molecule has 0 spiro atoms. The second-order valence-corrected chi connectivity index (χ2v) is 6.44. The molecule has 1 aliphatic carbocycles. The minimum atomic E-state index is -0.512. The quantitative estimate of drug-likeness (QED) is 0.657. The van der Waals surface area contributed by atoms with Crippen molar-refractivity contribution >= 4 is 28.8 Å². The molecule has 4 rings (SSSR count). The highest BCUT2D eigenvalue weighted by atomic mass is 16.2. The van der Waals surface area contributed by atoms with Crippen LogP contribution >= 0.6 is 0 Å². The fourth-order valence-corrected chi connectivity index (χ4v) is 2.85. The van der Waals surface area contributed by atoms with Crippen molar-refractivity contribution < 1.29 is 9.59 Å². The van der Waals surface area contributed by atoms with E-state index < -0.39 is 5.91 Å². The van der Waals surface area contributed by atoms with Crippen LogP contribution in [-0.4, -0.2) is 31.6 Å². The Morgan fingerprint density at radius 3 is 2.92 bits per heavy atom. The molecule has 4 N–H and O–H groups in total. The second-order valence-electron chi connectivity index (χ2n) is 6.44. The number of aromatic nitrogens is 4. The molecule has 0 saturated heterocycles. The first-order valence-corrected chi connectivity index (χ1v) is 8.14. The molecule has 25 heavy (non-hydrogen) atoms. The maximum Gasteiger partial charge on any atom is 0.276 e. The zero-order chi connectivity index (χ0) is 17.6. The average Bonchev–Trinajstić information content (AvgIpc) is 3.17. The van der Waals surface area contributed by atoms with Crippen LogP contribution < -0.4 is 11.1 Å². The number of fused-ring (bicyclic) bond motifs is 1. The largest absolute Gasteiger partial charge is 0.366 e. The highest BCUT2D eigenvalue weighted by molar-refractivity contribution is 6.04. The number of H-pyrrole nitrogens is 1. The molecule has 3 aromatic rings. The number of aryl methyl sites for hydroxylation is 1. The number of benzene rings is 1. The summed E-state index contributed by atoms with van der Waals surface area (Å²) < 4.78 is 1.76. The van der Waals surface area contributed by atoms with E-state index in [1.807, 2.05) is 6.92 Å². The normalized spacial score (nSPS) is 14.0. The minimum Gasteiger partial charge on any atom is -0.366 e. The lowest BCUT2D eigenvalue weighted by Crippen LogP contribution is -2.20. The number of hydrogen-bond donors (Lipinski definition) is 3. The minimum absolute atomic E-state index is 0.259. The zero-order valence-corrected chi connectivity index (χ0v) is 13.7. The van der Waals surface area contributed by atoms with Crippen LogP contribution in [0.25, 0.3) is 11.0 Å². The van der Waals surface area contributed by atoms with E-state index in [2.05, 4.69) is 20.4 Å². The van der Waals surface area contributed by atoms with Gasteiger partial charge < -0.3 is 10.7 Å². The third kappa shape index (κ3) is 2.98. The summed E-state index contributed by atoms with van der Waals surface area (Å²) in [5.74, 6) is 0.163. The number of nitrogens with one attached hydrogen (secondary N) is 2. The Hall–Kier alpha value is -3.16. The van der Waals surface area contributed by atoms with E-state index >= 15 is 0 Å². The average molecular weight is 338 g/mol. The maximum atomic E-state index is 12.7. The van der Waals surface area contributed by atoms with E-state index in [1.165, 1.54) is 12.8 Å². The van der Waals surface area contributed by atoms with Crippen molar-refractivity contribution in [3.05, 3.63) is 41.2 Å². The van der Waals surface area contributed by atoms with E-state index in [1.54, 1.807) is 29.1 Å². The number of nitrogens with zero attached hydrogens (tertiary/aromatic N) is 3. The fourth-order valence-electron chi connectivity index (χ4n) is 2.85. The molecule has 1 saturated carbocycles. The van der Waals surface area contributed by atoms with Gasteiger partial charge in [-0.15, -0.1) is 0 Å². The van der Waals surface area contributed by atoms with Gasteiger partial charge in [-0.1, -0.05) is 0 Å². The Labute approximate surface area is 143 Å². The van der Waals surface area contributed by atoms with Gasteiger partial charge >= 0.3 is 0 Å². The highest BCUT2D eigenvalue weighted by Crippen LogP contribution is 2.31. The molecule has 0 atom stereocenters. The molecule has 1 aromatic carbocycles. The van der Waals surface area contributed by atoms with Gasteiger partial charge in [0.2, 0.25) is 11.9 Å². The van der Waals surface area contributed by atoms with Crippen LogP contribution in [0.5, 0.6) is 0 Å². The molecule has 2 amide bonds. The molecule has 8 heteroatoms. The van der Waals surface area contributed by atoms with Gasteiger partial charge in [0.25, 0.3) is 5.91 Å². The van der Waals surface area contributed by atoms with Crippen molar-refractivity contribution in [2.24, 2.45) is 11.7 Å². The summed E-state index contributed by atoms with van der Waals surface area (Å²) in [6, 6.07) is 4.90. The summed E-state index contributed by atoms with van der Waals surface area (Å²) >= 11 is 0. The van der Waals surface area contributed by atoms with Crippen molar-refractivity contribution in [1.82, 2.24) is 19.7 Å². The summed E-state index contributed by atoms with van der Waals surface area (Å²) in [6.07, 6.45) is 4.08. The van der Waals surface area contributed by atoms with Crippen LogP contribution in [-0.2, 0) is 6.54 Å². The molecule has 2 heterocycles. The number of carbonyl (C=O) groups is 2. The van der Waals surface area contributed by atoms with Gasteiger partial charge in [-0.3, -0.25) is 19.6 Å². The topological polar surface area (TPSA) is 119 Å². The number of primary amides is 1. The lowest BCUT2D eigenvalue weighted by Gasteiger charge is -2.07. The van der Waals surface area contributed by atoms with Crippen molar-refractivity contribution in [3.8, 4) is 0 Å². The summed E-state index contributed by atoms with van der Waals surface area (Å²) in [5.41, 5.74) is 8.31. The molecule has 2 aromatic heterocycles. The van der Waals surface area contributed by atoms with Crippen LogP contribution in [0.1, 0.15) is 39.3 Å². The first-order chi connectivity index (χ1) is 12.0. The van der Waals surface area contributed by atoms with E-state index in [0.29, 0.717) is 34.2 Å². The van der Waals surface area contributed by atoms with Crippen LogP contribution in [0.3, 0.4) is 0 Å². The van der Waals surface area contributed by atoms with E-state index in [4.69, 9.17) is 5.73 Å². The van der Waals surface area contributed by atoms with Gasteiger partial charge in [-0.2, -0.15) is 5.10 Å². The van der Waals surface area contributed by atoms with Gasteiger partial charge in [-0.05, 0) is 49.4 Å². The first-order valence-electron chi connectivity index (χ1n) is 8.14. The van der Waals surface area contributed by atoms with Crippen LogP contribution in [0, 0.1) is 12.8 Å². The summed E-state index contributed by atoms with van der Waals surface area (Å²) in [4.78, 5) is 31.2. The highest BCUT2D eigenvalue weighted by Gasteiger charge is 2.25. The van der Waals surface area contributed by atoms with Gasteiger partial charge in [0.1, 0.15) is 5.69 Å². The molecule has 1 fully saturated rings. The monoisotopic (exact) mass is 338 g/mol. The maximum absolute atomic E-state index is 12.7. The lowest BCUT2D eigenvalue weighted by molar-refractivity contribution is 0.0995. The Balaban J connectivity index is 1.59. The van der Waals surface area contributed by atoms with Gasteiger partial charge in [-0.25, -0.2) is 4.98 Å². The van der Waals surface area contributed by atoms with Gasteiger partial charge in [0.05, 0.1) is 17.2 Å². The standard InChI is InChI=1S/C17H18N6O2/c1-9-7-19-23(8-10-2-3-10)14(9)16(25)22-17-20-12-5-4-11(15(18)24)6-13(12)21-17/h4-7,10H,2-3,8H2,1H3,(H2,18,24)(H2,20,21,22,25). The molecule has 128 valence electrons. The summed E-state index contributed by atoms with van der Waals surface area (Å²) in [5, 5.41) is 7.08. The Morgan fingerprint density at radius 1 is 1.40 bits per heavy atom. The third-order valence-corrected chi connectivity index (χ3v) is 4.36. The number of carbonyl (C=O) groups excluding carboxylic acids is 2. The van der Waals surface area contributed by atoms with E-state index in [9.17, 15) is 9.59 Å². The first kappa shape index (κ1) is 15.4. The number of amides is 2. The van der Waals surface area contributed by atoms with E-state index in [-0.39, 0.29) is 5.91 Å². The number of aromatic amines is 1. The predicted octanol–water partition coefficient (Wildman–Crippen LogP) is 1.83. The smallest absolute Gasteiger partial charge is 0.276 e. The molecule has 0 radical (unpaired) electrons. The van der Waals surface area contributed by atoms with Gasteiger partial charge in [0, 0.05) is 12.1 Å². The molecule has 1 aliphatic rings. The van der Waals surface area contributed by atoms with Crippen LogP contribution in [0.4, 0.5) is 5.95 Å². The molecular formula is C17H18N6O2. The van der Waals surface area contributed by atoms with Crippen molar-refractivity contribution in [2.45, 2.75) is 26.3 Å². The van der Waals surface area contributed by atoms with Crippen molar-refractivity contribution in [1.29, 1.82) is 0 Å². The number of hydrogen-bond acceptors (Lipinski definition) is 4. The lowest BCUT2D eigenvalue weighted by atomic mass is 10.2. The molecule has 8 nitrogen and oxygen atoms in total. The van der Waals surface area contributed by atoms with Crippen molar-refractivity contribution in [2.75, 3.05) is 5.32 Å². The summed E-state index contributed by atoms with van der Waals surface area (Å²) in [6.45, 7) is 2.63. The molecule has 0 unspecified atom stereocenters. The number of rotatable bonds is 5. The third-order valence-electron chi connectivity index (χ3n) is 4.36. The second kappa shape index (κ2) is 5.73. The van der Waals surface area contributed by atoms with E-state index in [0.717, 1.165) is 12.1 Å². The molecular weight excluding hydrogens is 320 g/mol. The Bertz CT molecular complexity index is 982. The van der Waals surface area contributed by atoms with Crippen LogP contribution in [0.2, 0.25) is 0 Å². The van der Waals surface area contributed by atoms with Crippen molar-refractivity contribution in [3.63, 3.8) is 0 Å². The Kier molecular flexibility index (Phi) is 3.52. The fraction of sp³-hybridized carbons (Fsp3) is 0.294. The number of imidazole rings is 1.